The van der Waals surface area contributed by atoms with Crippen LogP contribution < -0.4 is 0 Å². The van der Waals surface area contributed by atoms with Crippen molar-refractivity contribution in [1.82, 2.24) is 9.88 Å². The minimum Gasteiger partial charge on any atom is -0.332 e. The second kappa shape index (κ2) is 5.48. The lowest BCUT2D eigenvalue weighted by atomic mass is 10.2. The third-order valence-electron chi connectivity index (χ3n) is 3.93. The maximum Gasteiger partial charge on any atom is 0.257 e. The van der Waals surface area contributed by atoms with Crippen molar-refractivity contribution in [1.29, 1.82) is 0 Å². The van der Waals surface area contributed by atoms with Crippen LogP contribution in [0.1, 0.15) is 20.9 Å². The Balaban J connectivity index is 1.51. The quantitative estimate of drug-likeness (QED) is 0.688. The van der Waals surface area contributed by atoms with E-state index in [0.29, 0.717) is 6.54 Å². The highest BCUT2D eigenvalue weighted by atomic mass is 79.9. The van der Waals surface area contributed by atoms with Crippen LogP contribution in [-0.2, 0) is 13.0 Å². The Bertz CT molecular complexity index is 841. The molecule has 1 aliphatic heterocycles. The molecule has 3 aromatic rings. The van der Waals surface area contributed by atoms with Crippen LogP contribution >= 0.6 is 27.3 Å². The van der Waals surface area contributed by atoms with E-state index < -0.39 is 0 Å². The van der Waals surface area contributed by atoms with Gasteiger partial charge in [0, 0.05) is 26.8 Å². The molecule has 0 radical (unpaired) electrons. The zero-order chi connectivity index (χ0) is 15.1. The van der Waals surface area contributed by atoms with E-state index in [0.717, 1.165) is 28.7 Å². The molecule has 1 aromatic carbocycles. The number of hydrogen-bond acceptors (Lipinski definition) is 3. The third kappa shape index (κ3) is 2.34. The van der Waals surface area contributed by atoms with Crippen molar-refractivity contribution >= 4 is 43.3 Å². The Morgan fingerprint density at radius 1 is 1.27 bits per heavy atom. The van der Waals surface area contributed by atoms with Crippen molar-refractivity contribution in [2.45, 2.75) is 13.0 Å². The number of halogens is 1. The van der Waals surface area contributed by atoms with E-state index in [1.165, 1.54) is 15.0 Å². The van der Waals surface area contributed by atoms with Crippen LogP contribution in [0, 0.1) is 0 Å². The molecule has 4 rings (SSSR count). The predicted octanol–water partition coefficient (Wildman–Crippen LogP) is 4.26. The van der Waals surface area contributed by atoms with Crippen molar-refractivity contribution in [3.05, 3.63) is 63.2 Å². The van der Waals surface area contributed by atoms with Crippen molar-refractivity contribution in [3.8, 4) is 0 Å². The zero-order valence-corrected chi connectivity index (χ0v) is 14.2. The Morgan fingerprint density at radius 2 is 2.14 bits per heavy atom. The Kier molecular flexibility index (Phi) is 3.47. The van der Waals surface area contributed by atoms with Crippen LogP contribution in [0.15, 0.2) is 47.1 Å². The van der Waals surface area contributed by atoms with Gasteiger partial charge in [-0.2, -0.15) is 0 Å². The van der Waals surface area contributed by atoms with E-state index in [4.69, 9.17) is 0 Å². The number of carbonyl (C=O) groups excluding carboxylic acids is 1. The molecule has 0 bridgehead atoms. The van der Waals surface area contributed by atoms with E-state index >= 15 is 0 Å². The van der Waals surface area contributed by atoms with E-state index in [1.807, 2.05) is 11.0 Å². The van der Waals surface area contributed by atoms with Gasteiger partial charge in [-0.05, 0) is 45.9 Å². The lowest BCUT2D eigenvalue weighted by Crippen LogP contribution is -2.26. The fourth-order valence-electron chi connectivity index (χ4n) is 2.82. The SMILES string of the molecule is O=C1c2c(Br)ccnc2CN1CCc1cc2ccccc2s1. The maximum atomic E-state index is 12.5. The molecule has 0 aliphatic carbocycles. The van der Waals surface area contributed by atoms with E-state index in [9.17, 15) is 4.79 Å². The summed E-state index contributed by atoms with van der Waals surface area (Å²) in [7, 11) is 0. The molecule has 110 valence electrons. The standard InChI is InChI=1S/C17H13BrN2OS/c18-13-5-7-19-14-10-20(17(21)16(13)14)8-6-12-9-11-3-1-2-4-15(11)22-12/h1-5,7,9H,6,8,10H2. The van der Waals surface area contributed by atoms with Crippen LogP contribution in [0.2, 0.25) is 0 Å². The highest BCUT2D eigenvalue weighted by molar-refractivity contribution is 9.10. The number of rotatable bonds is 3. The first-order valence-electron chi connectivity index (χ1n) is 7.12. The summed E-state index contributed by atoms with van der Waals surface area (Å²) in [5.74, 6) is 0.0797. The minimum absolute atomic E-state index is 0.0797. The average Bonchev–Trinajstić information content (AvgIpc) is 3.07. The number of thiophene rings is 1. The van der Waals surface area contributed by atoms with E-state index in [1.54, 1.807) is 17.5 Å². The van der Waals surface area contributed by atoms with Crippen molar-refractivity contribution < 1.29 is 4.79 Å². The smallest absolute Gasteiger partial charge is 0.257 e. The molecule has 5 heteroatoms. The highest BCUT2D eigenvalue weighted by Gasteiger charge is 2.30. The van der Waals surface area contributed by atoms with Crippen LogP contribution in [0.3, 0.4) is 0 Å². The lowest BCUT2D eigenvalue weighted by Gasteiger charge is -2.14. The number of benzene rings is 1. The molecule has 0 saturated heterocycles. The summed E-state index contributed by atoms with van der Waals surface area (Å²) in [6.45, 7) is 1.34. The van der Waals surface area contributed by atoms with Gasteiger partial charge < -0.3 is 4.90 Å². The largest absolute Gasteiger partial charge is 0.332 e. The lowest BCUT2D eigenvalue weighted by molar-refractivity contribution is 0.0779. The van der Waals surface area contributed by atoms with Gasteiger partial charge in [0.25, 0.3) is 5.91 Å². The van der Waals surface area contributed by atoms with E-state index in [2.05, 4.69) is 51.2 Å². The number of pyridine rings is 1. The van der Waals surface area contributed by atoms with Gasteiger partial charge in [0.1, 0.15) is 0 Å². The molecular formula is C17H13BrN2OS. The normalized spacial score (nSPS) is 13.9. The molecule has 1 amide bonds. The van der Waals surface area contributed by atoms with Gasteiger partial charge in [-0.1, -0.05) is 18.2 Å². The first-order chi connectivity index (χ1) is 10.7. The van der Waals surface area contributed by atoms with Crippen molar-refractivity contribution in [3.63, 3.8) is 0 Å². The monoisotopic (exact) mass is 372 g/mol. The Hall–Kier alpha value is -1.72. The van der Waals surface area contributed by atoms with Crippen molar-refractivity contribution in [2.75, 3.05) is 6.54 Å². The van der Waals surface area contributed by atoms with Crippen LogP contribution in [0.4, 0.5) is 0 Å². The van der Waals surface area contributed by atoms with Gasteiger partial charge in [0.15, 0.2) is 0 Å². The fraction of sp³-hybridized carbons (Fsp3) is 0.176. The molecule has 0 spiro atoms. The first kappa shape index (κ1) is 13.9. The molecule has 0 unspecified atom stereocenters. The molecule has 0 saturated carbocycles. The summed E-state index contributed by atoms with van der Waals surface area (Å²) in [5, 5.41) is 1.28. The molecule has 3 nitrogen and oxygen atoms in total. The van der Waals surface area contributed by atoms with Gasteiger partial charge in [-0.3, -0.25) is 9.78 Å². The molecule has 0 atom stereocenters. The number of nitrogens with zero attached hydrogens (tertiary/aromatic N) is 2. The predicted molar refractivity (Wildman–Crippen MR) is 92.2 cm³/mol. The van der Waals surface area contributed by atoms with Crippen LogP contribution in [-0.4, -0.2) is 22.3 Å². The number of amides is 1. The molecule has 0 fully saturated rings. The second-order valence-electron chi connectivity index (χ2n) is 5.34. The Labute approximate surface area is 140 Å². The number of carbonyl (C=O) groups is 1. The molecule has 3 heterocycles. The fourth-order valence-corrected chi connectivity index (χ4v) is 4.39. The number of fused-ring (bicyclic) bond motifs is 2. The summed E-state index contributed by atoms with van der Waals surface area (Å²) in [5.41, 5.74) is 1.59. The first-order valence-corrected chi connectivity index (χ1v) is 8.73. The minimum atomic E-state index is 0.0797. The van der Waals surface area contributed by atoms with Crippen LogP contribution in [0.25, 0.3) is 10.1 Å². The van der Waals surface area contributed by atoms with Crippen molar-refractivity contribution in [2.24, 2.45) is 0 Å². The summed E-state index contributed by atoms with van der Waals surface area (Å²) in [4.78, 5) is 20.0. The number of hydrogen-bond donors (Lipinski definition) is 0. The van der Waals surface area contributed by atoms with Gasteiger partial charge >= 0.3 is 0 Å². The van der Waals surface area contributed by atoms with Gasteiger partial charge in [-0.25, -0.2) is 0 Å². The maximum absolute atomic E-state index is 12.5. The molecule has 22 heavy (non-hydrogen) atoms. The number of aromatic nitrogens is 1. The second-order valence-corrected chi connectivity index (χ2v) is 7.36. The van der Waals surface area contributed by atoms with Gasteiger partial charge in [-0.15, -0.1) is 11.3 Å². The topological polar surface area (TPSA) is 33.2 Å². The average molecular weight is 373 g/mol. The molecule has 0 N–H and O–H groups in total. The van der Waals surface area contributed by atoms with Crippen LogP contribution in [0.5, 0.6) is 0 Å². The molecule has 1 aliphatic rings. The van der Waals surface area contributed by atoms with E-state index in [-0.39, 0.29) is 5.91 Å². The van der Waals surface area contributed by atoms with Gasteiger partial charge in [0.2, 0.25) is 0 Å². The molecule has 2 aromatic heterocycles. The third-order valence-corrected chi connectivity index (χ3v) is 5.76. The summed E-state index contributed by atoms with van der Waals surface area (Å²) in [6.07, 6.45) is 2.63. The van der Waals surface area contributed by atoms with Gasteiger partial charge in [0.05, 0.1) is 17.8 Å². The zero-order valence-electron chi connectivity index (χ0n) is 11.8. The highest BCUT2D eigenvalue weighted by Crippen LogP contribution is 2.29. The summed E-state index contributed by atoms with van der Waals surface area (Å²) < 4.78 is 2.14. The summed E-state index contributed by atoms with van der Waals surface area (Å²) in [6, 6.07) is 12.4. The molecular weight excluding hydrogens is 360 g/mol. The summed E-state index contributed by atoms with van der Waals surface area (Å²) >= 11 is 5.26. The Morgan fingerprint density at radius 3 is 2.95 bits per heavy atom.